The van der Waals surface area contributed by atoms with Crippen LogP contribution in [0, 0.1) is 5.92 Å². The Kier molecular flexibility index (Phi) is 6.15. The number of carbonyl (C=O) groups is 1. The molecule has 2 saturated carbocycles. The Morgan fingerprint density at radius 2 is 1.63 bits per heavy atom. The molecule has 2 rings (SSSR count). The second-order valence-electron chi connectivity index (χ2n) is 6.59. The summed E-state index contributed by atoms with van der Waals surface area (Å²) in [6.45, 7) is 2.85. The highest BCUT2D eigenvalue weighted by molar-refractivity contribution is 5.78. The van der Waals surface area contributed by atoms with E-state index < -0.39 is 0 Å². The minimum Gasteiger partial charge on any atom is -0.352 e. The lowest BCUT2D eigenvalue weighted by Crippen LogP contribution is -2.43. The Hall–Kier alpha value is -0.570. The Labute approximate surface area is 117 Å². The van der Waals surface area contributed by atoms with Gasteiger partial charge in [0.2, 0.25) is 5.91 Å². The molecule has 2 fully saturated rings. The molecular weight excluding hydrogens is 236 g/mol. The van der Waals surface area contributed by atoms with Crippen LogP contribution in [0.25, 0.3) is 0 Å². The number of carbonyl (C=O) groups excluding carboxylic acids is 1. The molecule has 0 saturated heterocycles. The van der Waals surface area contributed by atoms with Gasteiger partial charge in [-0.25, -0.2) is 0 Å². The van der Waals surface area contributed by atoms with Crippen LogP contribution in [-0.2, 0) is 4.79 Å². The number of hydrogen-bond acceptors (Lipinski definition) is 2. The maximum Gasteiger partial charge on any atom is 0.234 e. The Balaban J connectivity index is 1.62. The summed E-state index contributed by atoms with van der Waals surface area (Å²) in [5.41, 5.74) is 0. The van der Waals surface area contributed by atoms with Crippen LogP contribution in [0.3, 0.4) is 0 Å². The van der Waals surface area contributed by atoms with E-state index >= 15 is 0 Å². The van der Waals surface area contributed by atoms with Crippen molar-refractivity contribution >= 4 is 5.91 Å². The van der Waals surface area contributed by atoms with Gasteiger partial charge in [0.15, 0.2) is 0 Å². The molecule has 2 unspecified atom stereocenters. The molecule has 0 aromatic carbocycles. The summed E-state index contributed by atoms with van der Waals surface area (Å²) >= 11 is 0. The van der Waals surface area contributed by atoms with Gasteiger partial charge in [-0.15, -0.1) is 0 Å². The summed E-state index contributed by atoms with van der Waals surface area (Å²) in [6.07, 6.45) is 12.7. The van der Waals surface area contributed by atoms with Gasteiger partial charge in [-0.1, -0.05) is 39.0 Å². The van der Waals surface area contributed by atoms with Crippen LogP contribution >= 0.6 is 0 Å². The minimum absolute atomic E-state index is 0.198. The van der Waals surface area contributed by atoms with Crippen molar-refractivity contribution in [1.29, 1.82) is 0 Å². The summed E-state index contributed by atoms with van der Waals surface area (Å²) in [6, 6.07) is 0.999. The molecule has 0 heterocycles. The highest BCUT2D eigenvalue weighted by Crippen LogP contribution is 2.22. The van der Waals surface area contributed by atoms with E-state index in [1.165, 1.54) is 64.2 Å². The molecule has 2 aliphatic carbocycles. The molecule has 0 bridgehead atoms. The predicted molar refractivity (Wildman–Crippen MR) is 79.1 cm³/mol. The van der Waals surface area contributed by atoms with Crippen molar-refractivity contribution in [2.45, 2.75) is 83.2 Å². The summed E-state index contributed by atoms with van der Waals surface area (Å²) in [5.74, 6) is 1.06. The van der Waals surface area contributed by atoms with E-state index in [2.05, 4.69) is 17.6 Å². The fourth-order valence-electron chi connectivity index (χ4n) is 3.45. The molecule has 3 nitrogen and oxygen atoms in total. The molecule has 0 spiro atoms. The van der Waals surface area contributed by atoms with Gasteiger partial charge in [-0.3, -0.25) is 4.79 Å². The Morgan fingerprint density at radius 3 is 2.42 bits per heavy atom. The van der Waals surface area contributed by atoms with Crippen LogP contribution in [0.2, 0.25) is 0 Å². The van der Waals surface area contributed by atoms with E-state index in [0.717, 1.165) is 5.92 Å². The first-order chi connectivity index (χ1) is 9.24. The number of nitrogens with one attached hydrogen (secondary N) is 2. The average Bonchev–Trinajstić information content (AvgIpc) is 2.62. The Bertz CT molecular complexity index is 274. The molecule has 1 amide bonds. The zero-order valence-electron chi connectivity index (χ0n) is 12.4. The lowest BCUT2D eigenvalue weighted by atomic mass is 9.95. The molecule has 110 valence electrons. The first kappa shape index (κ1) is 14.8. The van der Waals surface area contributed by atoms with Gasteiger partial charge in [-0.05, 0) is 38.0 Å². The first-order valence-corrected chi connectivity index (χ1v) is 8.27. The van der Waals surface area contributed by atoms with Crippen LogP contribution in [0.4, 0.5) is 0 Å². The number of rotatable bonds is 4. The SMILES string of the molecule is CC1CCCC(NCC(=O)NC2CCCCC2)CC1. The highest BCUT2D eigenvalue weighted by Gasteiger charge is 2.18. The van der Waals surface area contributed by atoms with E-state index in [1.54, 1.807) is 0 Å². The summed E-state index contributed by atoms with van der Waals surface area (Å²) < 4.78 is 0. The predicted octanol–water partition coefficient (Wildman–Crippen LogP) is 2.99. The minimum atomic E-state index is 0.198. The molecule has 2 aliphatic rings. The van der Waals surface area contributed by atoms with Gasteiger partial charge in [0, 0.05) is 12.1 Å². The fraction of sp³-hybridized carbons (Fsp3) is 0.938. The highest BCUT2D eigenvalue weighted by atomic mass is 16.1. The fourth-order valence-corrected chi connectivity index (χ4v) is 3.45. The van der Waals surface area contributed by atoms with Crippen molar-refractivity contribution in [3.05, 3.63) is 0 Å². The van der Waals surface area contributed by atoms with E-state index in [0.29, 0.717) is 18.6 Å². The largest absolute Gasteiger partial charge is 0.352 e. The normalized spacial score (nSPS) is 29.7. The van der Waals surface area contributed by atoms with Gasteiger partial charge in [0.25, 0.3) is 0 Å². The topological polar surface area (TPSA) is 41.1 Å². The zero-order valence-corrected chi connectivity index (χ0v) is 12.4. The molecule has 19 heavy (non-hydrogen) atoms. The summed E-state index contributed by atoms with van der Waals surface area (Å²) in [7, 11) is 0. The van der Waals surface area contributed by atoms with Gasteiger partial charge in [0.1, 0.15) is 0 Å². The third-order valence-corrected chi connectivity index (χ3v) is 4.78. The van der Waals surface area contributed by atoms with Crippen molar-refractivity contribution < 1.29 is 4.79 Å². The maximum absolute atomic E-state index is 11.9. The molecule has 2 atom stereocenters. The Morgan fingerprint density at radius 1 is 0.895 bits per heavy atom. The number of amides is 1. The lowest BCUT2D eigenvalue weighted by Gasteiger charge is -2.23. The average molecular weight is 266 g/mol. The van der Waals surface area contributed by atoms with Crippen LogP contribution in [-0.4, -0.2) is 24.5 Å². The van der Waals surface area contributed by atoms with Crippen LogP contribution in [0.15, 0.2) is 0 Å². The van der Waals surface area contributed by atoms with E-state index in [9.17, 15) is 4.79 Å². The van der Waals surface area contributed by atoms with Gasteiger partial charge < -0.3 is 10.6 Å². The third-order valence-electron chi connectivity index (χ3n) is 4.78. The molecule has 0 aromatic rings. The van der Waals surface area contributed by atoms with Crippen molar-refractivity contribution in [1.82, 2.24) is 10.6 Å². The zero-order chi connectivity index (χ0) is 13.5. The maximum atomic E-state index is 11.9. The van der Waals surface area contributed by atoms with E-state index in [-0.39, 0.29) is 5.91 Å². The number of hydrogen-bond donors (Lipinski definition) is 2. The van der Waals surface area contributed by atoms with Crippen molar-refractivity contribution in [2.75, 3.05) is 6.54 Å². The molecule has 0 aliphatic heterocycles. The summed E-state index contributed by atoms with van der Waals surface area (Å²) in [4.78, 5) is 11.9. The molecule has 3 heteroatoms. The van der Waals surface area contributed by atoms with Crippen molar-refractivity contribution in [3.8, 4) is 0 Å². The van der Waals surface area contributed by atoms with Gasteiger partial charge in [-0.2, -0.15) is 0 Å². The third kappa shape index (κ3) is 5.52. The quantitative estimate of drug-likeness (QED) is 0.768. The van der Waals surface area contributed by atoms with Crippen LogP contribution in [0.5, 0.6) is 0 Å². The van der Waals surface area contributed by atoms with Crippen LogP contribution in [0.1, 0.15) is 71.1 Å². The first-order valence-electron chi connectivity index (χ1n) is 8.27. The second kappa shape index (κ2) is 7.88. The van der Waals surface area contributed by atoms with E-state index in [1.807, 2.05) is 0 Å². The molecule has 0 radical (unpaired) electrons. The van der Waals surface area contributed by atoms with Gasteiger partial charge >= 0.3 is 0 Å². The molecular formula is C16H30N2O. The second-order valence-corrected chi connectivity index (χ2v) is 6.59. The molecule has 2 N–H and O–H groups in total. The smallest absolute Gasteiger partial charge is 0.234 e. The standard InChI is InChI=1S/C16H30N2O/c1-13-6-5-9-14(11-10-13)17-12-16(19)18-15-7-3-2-4-8-15/h13-15,17H,2-12H2,1H3,(H,18,19). The van der Waals surface area contributed by atoms with Gasteiger partial charge in [0.05, 0.1) is 6.54 Å². The lowest BCUT2D eigenvalue weighted by molar-refractivity contribution is -0.121. The monoisotopic (exact) mass is 266 g/mol. The van der Waals surface area contributed by atoms with Crippen LogP contribution < -0.4 is 10.6 Å². The molecule has 0 aromatic heterocycles. The van der Waals surface area contributed by atoms with Crippen molar-refractivity contribution in [3.63, 3.8) is 0 Å². The van der Waals surface area contributed by atoms with Crippen molar-refractivity contribution in [2.24, 2.45) is 5.92 Å². The summed E-state index contributed by atoms with van der Waals surface area (Å²) in [5, 5.41) is 6.64. The van der Waals surface area contributed by atoms with E-state index in [4.69, 9.17) is 0 Å².